The lowest BCUT2D eigenvalue weighted by Gasteiger charge is -2.01. The third kappa shape index (κ3) is 4.27. The predicted molar refractivity (Wildman–Crippen MR) is 49.8 cm³/mol. The van der Waals surface area contributed by atoms with Gasteiger partial charge in [-0.05, 0) is 25.8 Å². The summed E-state index contributed by atoms with van der Waals surface area (Å²) in [6, 6.07) is 3.55. The monoisotopic (exact) mass is 192 g/mol. The van der Waals surface area contributed by atoms with Gasteiger partial charge in [0, 0.05) is 6.42 Å². The lowest BCUT2D eigenvalue weighted by Crippen LogP contribution is -2.03. The summed E-state index contributed by atoms with van der Waals surface area (Å²) in [7, 11) is 0. The van der Waals surface area contributed by atoms with E-state index in [9.17, 15) is 4.79 Å². The van der Waals surface area contributed by atoms with Crippen LogP contribution in [0.25, 0.3) is 0 Å². The summed E-state index contributed by atoms with van der Waals surface area (Å²) in [6.45, 7) is 3.75. The molecule has 0 heterocycles. The Kier molecular flexibility index (Phi) is 5.82. The first kappa shape index (κ1) is 12.2. The van der Waals surface area contributed by atoms with E-state index in [1.54, 1.807) is 26.0 Å². The molecule has 0 N–H and O–H groups in total. The minimum absolute atomic E-state index is 0.0781. The first-order valence-electron chi connectivity index (χ1n) is 4.31. The molecule has 0 aromatic heterocycles. The van der Waals surface area contributed by atoms with Crippen LogP contribution in [0.4, 0.5) is 0 Å². The van der Waals surface area contributed by atoms with Crippen LogP contribution >= 0.6 is 0 Å². The van der Waals surface area contributed by atoms with E-state index in [1.807, 2.05) is 0 Å². The van der Waals surface area contributed by atoms with Crippen molar-refractivity contribution < 1.29 is 9.53 Å². The Hall–Kier alpha value is -1.81. The van der Waals surface area contributed by atoms with E-state index in [0.29, 0.717) is 18.6 Å². The number of nitriles is 2. The number of carbonyl (C=O) groups is 1. The van der Waals surface area contributed by atoms with Gasteiger partial charge in [0.2, 0.25) is 0 Å². The normalized spacial score (nSPS) is 8.29. The van der Waals surface area contributed by atoms with Crippen molar-refractivity contribution in [1.82, 2.24) is 0 Å². The highest BCUT2D eigenvalue weighted by atomic mass is 16.5. The Labute approximate surface area is 83.4 Å². The molecule has 0 aromatic carbocycles. The van der Waals surface area contributed by atoms with Gasteiger partial charge in [0.05, 0.1) is 6.61 Å². The fraction of sp³-hybridized carbons (Fsp3) is 0.500. The predicted octanol–water partition coefficient (Wildman–Crippen LogP) is 1.69. The average Bonchev–Trinajstić information content (AvgIpc) is 2.17. The van der Waals surface area contributed by atoms with Crippen LogP contribution in [0.2, 0.25) is 0 Å². The molecule has 0 spiro atoms. The Bertz CT molecular complexity index is 302. The van der Waals surface area contributed by atoms with Gasteiger partial charge in [-0.2, -0.15) is 10.5 Å². The van der Waals surface area contributed by atoms with Crippen LogP contribution in [0.5, 0.6) is 0 Å². The topological polar surface area (TPSA) is 73.9 Å². The van der Waals surface area contributed by atoms with E-state index in [2.05, 4.69) is 0 Å². The molecular formula is C10H12N2O2. The lowest BCUT2D eigenvalue weighted by atomic mass is 10.1. The van der Waals surface area contributed by atoms with Crippen molar-refractivity contribution in [3.05, 3.63) is 11.1 Å². The van der Waals surface area contributed by atoms with Gasteiger partial charge in [0.25, 0.3) is 0 Å². The molecule has 0 unspecified atom stereocenters. The van der Waals surface area contributed by atoms with Crippen LogP contribution in [-0.4, -0.2) is 12.6 Å². The zero-order chi connectivity index (χ0) is 11.0. The summed E-state index contributed by atoms with van der Waals surface area (Å²) in [4.78, 5) is 10.9. The molecule has 4 nitrogen and oxygen atoms in total. The van der Waals surface area contributed by atoms with Crippen LogP contribution in [0.15, 0.2) is 11.1 Å². The number of rotatable bonds is 4. The zero-order valence-electron chi connectivity index (χ0n) is 8.33. The largest absolute Gasteiger partial charge is 0.466 e. The fourth-order valence-corrected chi connectivity index (χ4v) is 0.864. The molecular weight excluding hydrogens is 180 g/mol. The van der Waals surface area contributed by atoms with E-state index in [-0.39, 0.29) is 18.0 Å². The maximum atomic E-state index is 10.9. The third-order valence-corrected chi connectivity index (χ3v) is 1.66. The molecule has 74 valence electrons. The van der Waals surface area contributed by atoms with Gasteiger partial charge in [-0.3, -0.25) is 4.79 Å². The molecule has 0 radical (unpaired) electrons. The number of hydrogen-bond acceptors (Lipinski definition) is 4. The summed E-state index contributed by atoms with van der Waals surface area (Å²) < 4.78 is 4.71. The fourth-order valence-electron chi connectivity index (χ4n) is 0.864. The molecule has 14 heavy (non-hydrogen) atoms. The van der Waals surface area contributed by atoms with Gasteiger partial charge in [-0.25, -0.2) is 0 Å². The van der Waals surface area contributed by atoms with Crippen molar-refractivity contribution >= 4 is 5.97 Å². The summed E-state index contributed by atoms with van der Waals surface area (Å²) in [6.07, 6.45) is 0.613. The highest BCUT2D eigenvalue weighted by molar-refractivity contribution is 5.69. The van der Waals surface area contributed by atoms with Gasteiger partial charge < -0.3 is 4.74 Å². The second-order valence-electron chi connectivity index (χ2n) is 2.68. The highest BCUT2D eigenvalue weighted by Crippen LogP contribution is 2.09. The van der Waals surface area contributed by atoms with Crippen molar-refractivity contribution in [1.29, 1.82) is 10.5 Å². The van der Waals surface area contributed by atoms with Crippen molar-refractivity contribution in [2.75, 3.05) is 6.61 Å². The van der Waals surface area contributed by atoms with Crippen molar-refractivity contribution in [2.24, 2.45) is 0 Å². The lowest BCUT2D eigenvalue weighted by molar-refractivity contribution is -0.143. The molecule has 0 aromatic rings. The molecule has 0 saturated heterocycles. The highest BCUT2D eigenvalue weighted by Gasteiger charge is 2.05. The summed E-state index contributed by atoms with van der Waals surface area (Å²) in [5, 5.41) is 17.0. The standard InChI is InChI=1S/C10H12N2O2/c1-3-14-10(13)5-4-8(2)9(6-11)7-12/h3-5H2,1-2H3. The molecule has 4 heteroatoms. The maximum Gasteiger partial charge on any atom is 0.306 e. The van der Waals surface area contributed by atoms with Gasteiger partial charge in [-0.15, -0.1) is 0 Å². The number of carbonyl (C=O) groups excluding carboxylic acids is 1. The average molecular weight is 192 g/mol. The second kappa shape index (κ2) is 6.68. The molecule has 0 amide bonds. The number of esters is 1. The number of hydrogen-bond donors (Lipinski definition) is 0. The van der Waals surface area contributed by atoms with Gasteiger partial charge >= 0.3 is 5.97 Å². The van der Waals surface area contributed by atoms with Crippen molar-refractivity contribution in [3.8, 4) is 12.1 Å². The second-order valence-corrected chi connectivity index (χ2v) is 2.68. The van der Waals surface area contributed by atoms with E-state index < -0.39 is 0 Å². The van der Waals surface area contributed by atoms with Crippen LogP contribution in [0, 0.1) is 22.7 Å². The van der Waals surface area contributed by atoms with Crippen LogP contribution < -0.4 is 0 Å². The maximum absolute atomic E-state index is 10.9. The number of nitrogens with zero attached hydrogens (tertiary/aromatic N) is 2. The summed E-state index contributed by atoms with van der Waals surface area (Å²) in [5.41, 5.74) is 0.706. The summed E-state index contributed by atoms with van der Waals surface area (Å²) in [5.74, 6) is -0.304. The summed E-state index contributed by atoms with van der Waals surface area (Å²) >= 11 is 0. The molecule has 0 aliphatic carbocycles. The van der Waals surface area contributed by atoms with E-state index in [1.165, 1.54) is 0 Å². The Morgan fingerprint density at radius 3 is 2.29 bits per heavy atom. The molecule has 0 bridgehead atoms. The minimum Gasteiger partial charge on any atom is -0.466 e. The van der Waals surface area contributed by atoms with Crippen LogP contribution in [0.1, 0.15) is 26.7 Å². The minimum atomic E-state index is -0.304. The van der Waals surface area contributed by atoms with E-state index in [0.717, 1.165) is 0 Å². The molecule has 0 aliphatic heterocycles. The first-order valence-corrected chi connectivity index (χ1v) is 4.31. The van der Waals surface area contributed by atoms with Crippen LogP contribution in [-0.2, 0) is 9.53 Å². The molecule has 0 saturated carbocycles. The zero-order valence-corrected chi connectivity index (χ0v) is 8.33. The van der Waals surface area contributed by atoms with Crippen LogP contribution in [0.3, 0.4) is 0 Å². The number of allylic oxidation sites excluding steroid dienone is 2. The Balaban J connectivity index is 4.16. The van der Waals surface area contributed by atoms with E-state index >= 15 is 0 Å². The first-order chi connectivity index (χ1) is 6.65. The smallest absolute Gasteiger partial charge is 0.306 e. The molecule has 0 atom stereocenters. The SMILES string of the molecule is CCOC(=O)CCC(C)=C(C#N)C#N. The van der Waals surface area contributed by atoms with Crippen molar-refractivity contribution in [3.63, 3.8) is 0 Å². The van der Waals surface area contributed by atoms with Gasteiger partial charge in [0.15, 0.2) is 0 Å². The van der Waals surface area contributed by atoms with Crippen molar-refractivity contribution in [2.45, 2.75) is 26.7 Å². The molecule has 0 rings (SSSR count). The Morgan fingerprint density at radius 1 is 1.29 bits per heavy atom. The molecule has 0 fully saturated rings. The van der Waals surface area contributed by atoms with Gasteiger partial charge in [0.1, 0.15) is 17.7 Å². The van der Waals surface area contributed by atoms with E-state index in [4.69, 9.17) is 15.3 Å². The third-order valence-electron chi connectivity index (χ3n) is 1.66. The number of ether oxygens (including phenoxy) is 1. The molecule has 0 aliphatic rings. The quantitative estimate of drug-likeness (QED) is 0.501. The Morgan fingerprint density at radius 2 is 1.86 bits per heavy atom. The van der Waals surface area contributed by atoms with Gasteiger partial charge in [-0.1, -0.05) is 0 Å².